The number of nitrogens with one attached hydrogen (secondary N) is 1. The van der Waals surface area contributed by atoms with Crippen molar-refractivity contribution in [1.82, 2.24) is 25.1 Å². The van der Waals surface area contributed by atoms with Crippen molar-refractivity contribution in [3.63, 3.8) is 0 Å². The Bertz CT molecular complexity index is 1410. The fraction of sp³-hybridized carbons (Fsp3) is 0.310. The van der Waals surface area contributed by atoms with Gasteiger partial charge in [-0.2, -0.15) is 5.10 Å². The zero-order valence-corrected chi connectivity index (χ0v) is 21.3. The Morgan fingerprint density at radius 1 is 1.08 bits per heavy atom. The van der Waals surface area contributed by atoms with E-state index in [1.165, 1.54) is 5.57 Å². The number of amides is 1. The molecule has 9 nitrogen and oxygen atoms in total. The highest BCUT2D eigenvalue weighted by molar-refractivity contribution is 6.00. The molecular weight excluding hydrogens is 482 g/mol. The van der Waals surface area contributed by atoms with Crippen LogP contribution in [0.1, 0.15) is 55.5 Å². The summed E-state index contributed by atoms with van der Waals surface area (Å²) in [6.45, 7) is 3.21. The van der Waals surface area contributed by atoms with E-state index >= 15 is 0 Å². The highest BCUT2D eigenvalue weighted by atomic mass is 16.5. The summed E-state index contributed by atoms with van der Waals surface area (Å²) in [6, 6.07) is 16.9. The summed E-state index contributed by atoms with van der Waals surface area (Å²) in [6.07, 6.45) is 8.31. The van der Waals surface area contributed by atoms with Crippen LogP contribution in [0.25, 0.3) is 22.0 Å². The zero-order valence-electron chi connectivity index (χ0n) is 21.3. The van der Waals surface area contributed by atoms with Gasteiger partial charge in [0.2, 0.25) is 0 Å². The molecule has 1 amide bonds. The third-order valence-electron chi connectivity index (χ3n) is 6.62. The molecule has 1 aliphatic heterocycles. The van der Waals surface area contributed by atoms with E-state index in [1.807, 2.05) is 29.1 Å². The van der Waals surface area contributed by atoms with Crippen molar-refractivity contribution in [1.29, 1.82) is 0 Å². The van der Waals surface area contributed by atoms with E-state index in [4.69, 9.17) is 14.6 Å². The lowest BCUT2D eigenvalue weighted by Gasteiger charge is -2.23. The Morgan fingerprint density at radius 2 is 1.89 bits per heavy atom. The maximum atomic E-state index is 10.6. The molecule has 0 aliphatic carbocycles. The van der Waals surface area contributed by atoms with Gasteiger partial charge >= 0.3 is 12.1 Å². The number of benzene rings is 2. The van der Waals surface area contributed by atoms with Crippen molar-refractivity contribution in [3.05, 3.63) is 83.8 Å². The van der Waals surface area contributed by atoms with Crippen LogP contribution in [0.15, 0.2) is 67.1 Å². The molecule has 38 heavy (non-hydrogen) atoms. The maximum Gasteiger partial charge on any atom is 0.404 e. The highest BCUT2D eigenvalue weighted by Crippen LogP contribution is 2.36. The molecule has 0 bridgehead atoms. The summed E-state index contributed by atoms with van der Waals surface area (Å²) in [7, 11) is 0. The topological polar surface area (TPSA) is 111 Å². The minimum Gasteiger partial charge on any atom is -0.465 e. The van der Waals surface area contributed by atoms with E-state index in [0.717, 1.165) is 65.5 Å². The van der Waals surface area contributed by atoms with Crippen LogP contribution in [0.3, 0.4) is 0 Å². The molecule has 0 saturated carbocycles. The molecule has 2 N–H and O–H groups in total. The Labute approximate surface area is 221 Å². The third kappa shape index (κ3) is 5.68. The Hall–Kier alpha value is -4.24. The number of fused-ring (bicyclic) bond motifs is 1. The molecule has 3 heterocycles. The van der Waals surface area contributed by atoms with Gasteiger partial charge in [-0.3, -0.25) is 0 Å². The van der Waals surface area contributed by atoms with Gasteiger partial charge in [-0.15, -0.1) is 0 Å². The Balaban J connectivity index is 1.52. The summed E-state index contributed by atoms with van der Waals surface area (Å²) < 4.78 is 13.5. The number of aromatic nitrogens is 4. The number of hydrogen-bond acceptors (Lipinski definition) is 6. The summed E-state index contributed by atoms with van der Waals surface area (Å²) >= 11 is 0. The summed E-state index contributed by atoms with van der Waals surface area (Å²) in [4.78, 5) is 19.4. The summed E-state index contributed by atoms with van der Waals surface area (Å²) in [5.74, 6) is 0. The molecule has 1 aliphatic rings. The van der Waals surface area contributed by atoms with E-state index < -0.39 is 6.09 Å². The largest absolute Gasteiger partial charge is 0.465 e. The van der Waals surface area contributed by atoms with Crippen LogP contribution in [0, 0.1) is 0 Å². The monoisotopic (exact) mass is 513 g/mol. The fourth-order valence-electron chi connectivity index (χ4n) is 4.85. The molecule has 1 unspecified atom stereocenters. The number of carbonyl (C=O) groups is 1. The van der Waals surface area contributed by atoms with Crippen molar-refractivity contribution < 1.29 is 19.4 Å². The quantitative estimate of drug-likeness (QED) is 0.223. The van der Waals surface area contributed by atoms with Gasteiger partial charge < -0.3 is 19.9 Å². The molecule has 2 aromatic carbocycles. The SMILES string of the molecule is CC/C(=C(/c1cnc(OCCNC(=O)O)nc1)c1ccc2c(cnn2C2CCCCO2)c1)c1ccccc1. The van der Waals surface area contributed by atoms with E-state index in [-0.39, 0.29) is 25.4 Å². The average molecular weight is 514 g/mol. The average Bonchev–Trinajstić information content (AvgIpc) is 3.39. The molecule has 1 atom stereocenters. The van der Waals surface area contributed by atoms with Crippen LogP contribution in [0.4, 0.5) is 4.79 Å². The van der Waals surface area contributed by atoms with Crippen molar-refractivity contribution >= 4 is 28.1 Å². The second kappa shape index (κ2) is 11.9. The summed E-state index contributed by atoms with van der Waals surface area (Å²) in [5, 5.41) is 16.7. The minimum absolute atomic E-state index is 0.0238. The number of nitrogens with zero attached hydrogens (tertiary/aromatic N) is 4. The Morgan fingerprint density at radius 3 is 2.61 bits per heavy atom. The predicted molar refractivity (Wildman–Crippen MR) is 145 cm³/mol. The van der Waals surface area contributed by atoms with Crippen LogP contribution >= 0.6 is 0 Å². The molecule has 196 valence electrons. The first kappa shape index (κ1) is 25.4. The lowest BCUT2D eigenvalue weighted by molar-refractivity contribution is -0.0366. The molecular formula is C29H31N5O4. The van der Waals surface area contributed by atoms with Gasteiger partial charge in [0, 0.05) is 30.0 Å². The van der Waals surface area contributed by atoms with Gasteiger partial charge in [-0.25, -0.2) is 19.4 Å². The normalized spacial score (nSPS) is 16.2. The first-order valence-electron chi connectivity index (χ1n) is 12.9. The van der Waals surface area contributed by atoms with Crippen LogP contribution in [0.5, 0.6) is 6.01 Å². The van der Waals surface area contributed by atoms with Crippen molar-refractivity contribution in [2.45, 2.75) is 38.8 Å². The molecule has 5 rings (SSSR count). The van der Waals surface area contributed by atoms with E-state index in [0.29, 0.717) is 0 Å². The molecule has 0 radical (unpaired) electrons. The fourth-order valence-corrected chi connectivity index (χ4v) is 4.85. The van der Waals surface area contributed by atoms with Gasteiger partial charge in [0.15, 0.2) is 6.23 Å². The van der Waals surface area contributed by atoms with E-state index in [2.05, 4.69) is 57.6 Å². The van der Waals surface area contributed by atoms with Crippen LogP contribution in [-0.2, 0) is 4.74 Å². The van der Waals surface area contributed by atoms with Gasteiger partial charge in [0.25, 0.3) is 0 Å². The number of rotatable bonds is 9. The molecule has 2 aromatic heterocycles. The van der Waals surface area contributed by atoms with E-state index in [1.54, 1.807) is 12.4 Å². The smallest absolute Gasteiger partial charge is 0.404 e. The lowest BCUT2D eigenvalue weighted by Crippen LogP contribution is -2.26. The van der Waals surface area contributed by atoms with Crippen LogP contribution < -0.4 is 10.1 Å². The Kier molecular flexibility index (Phi) is 7.94. The highest BCUT2D eigenvalue weighted by Gasteiger charge is 2.20. The van der Waals surface area contributed by atoms with Crippen molar-refractivity contribution in [2.75, 3.05) is 19.8 Å². The maximum absolute atomic E-state index is 10.6. The van der Waals surface area contributed by atoms with Gasteiger partial charge in [-0.1, -0.05) is 43.3 Å². The van der Waals surface area contributed by atoms with Gasteiger partial charge in [0.1, 0.15) is 6.61 Å². The molecule has 0 spiro atoms. The van der Waals surface area contributed by atoms with Crippen LogP contribution in [-0.4, -0.2) is 50.7 Å². The van der Waals surface area contributed by atoms with Crippen LogP contribution in [0.2, 0.25) is 0 Å². The first-order valence-corrected chi connectivity index (χ1v) is 12.9. The van der Waals surface area contributed by atoms with Crippen molar-refractivity contribution in [3.8, 4) is 6.01 Å². The first-order chi connectivity index (χ1) is 18.6. The molecule has 1 fully saturated rings. The van der Waals surface area contributed by atoms with Crippen molar-refractivity contribution in [2.24, 2.45) is 0 Å². The second-order valence-corrected chi connectivity index (χ2v) is 9.09. The van der Waals surface area contributed by atoms with Gasteiger partial charge in [-0.05, 0) is 60.1 Å². The predicted octanol–water partition coefficient (Wildman–Crippen LogP) is 5.54. The standard InChI is InChI=1S/C29H31N5O4/c1-2-24(20-8-4-3-5-9-20)27(23-17-31-28(32-18-23)38-15-13-30-29(35)36)21-11-12-25-22(16-21)19-33-34(25)26-10-6-7-14-37-26/h3-5,8-9,11-12,16-19,26,30H,2,6-7,10,13-15H2,1H3,(H,35,36)/b27-24-. The molecule has 1 saturated heterocycles. The summed E-state index contributed by atoms with van der Waals surface area (Å²) in [5.41, 5.74) is 6.32. The lowest BCUT2D eigenvalue weighted by atomic mass is 9.89. The zero-order chi connectivity index (χ0) is 26.3. The molecule has 9 heteroatoms. The molecule has 4 aromatic rings. The van der Waals surface area contributed by atoms with Gasteiger partial charge in [0.05, 0.1) is 18.3 Å². The minimum atomic E-state index is -1.10. The second-order valence-electron chi connectivity index (χ2n) is 9.09. The third-order valence-corrected chi connectivity index (χ3v) is 6.62. The number of carboxylic acid groups (broad SMARTS) is 1. The number of allylic oxidation sites excluding steroid dienone is 1. The number of hydrogen-bond donors (Lipinski definition) is 2. The number of ether oxygens (including phenoxy) is 2. The van der Waals surface area contributed by atoms with E-state index in [9.17, 15) is 4.79 Å².